The maximum atomic E-state index is 12.9. The second-order valence-electron chi connectivity index (χ2n) is 2.78. The molecule has 1 aliphatic rings. The third-order valence-corrected chi connectivity index (χ3v) is 1.95. The van der Waals surface area contributed by atoms with Gasteiger partial charge in [0.2, 0.25) is 0 Å². The molecular weight excluding hydrogens is 141 g/mol. The van der Waals surface area contributed by atoms with Crippen LogP contribution >= 0.6 is 12.4 Å². The van der Waals surface area contributed by atoms with Crippen molar-refractivity contribution in [3.8, 4) is 0 Å². The van der Waals surface area contributed by atoms with Gasteiger partial charge in [0.15, 0.2) is 0 Å². The zero-order valence-electron chi connectivity index (χ0n) is 5.56. The molecule has 0 heterocycles. The fraction of sp³-hybridized carbons (Fsp3) is 1.00. The summed E-state index contributed by atoms with van der Waals surface area (Å²) in [6.45, 7) is 1.59. The number of rotatable bonds is 0. The molecule has 2 N–H and O–H groups in total. The maximum Gasteiger partial charge on any atom is 0.123 e. The van der Waals surface area contributed by atoms with Crippen LogP contribution in [0.1, 0.15) is 26.2 Å². The van der Waals surface area contributed by atoms with Crippen molar-refractivity contribution in [2.45, 2.75) is 37.9 Å². The second-order valence-corrected chi connectivity index (χ2v) is 2.78. The average Bonchev–Trinajstić information content (AvgIpc) is 1.86. The standard InChI is InChI=1S/C6H12FN.ClH/c1-6(7)4-2-3-5(6)8;/h5H,2-4,8H2,1H3;1H/t5-,6+;/m0./s1. The highest BCUT2D eigenvalue weighted by Gasteiger charge is 2.35. The summed E-state index contributed by atoms with van der Waals surface area (Å²) in [7, 11) is 0. The van der Waals surface area contributed by atoms with Crippen LogP contribution in [0.25, 0.3) is 0 Å². The predicted octanol–water partition coefficient (Wildman–Crippen LogP) is 1.65. The van der Waals surface area contributed by atoms with Gasteiger partial charge in [0, 0.05) is 6.04 Å². The Bertz CT molecular complexity index is 95.1. The minimum Gasteiger partial charge on any atom is -0.325 e. The number of alkyl halides is 1. The Labute approximate surface area is 61.2 Å². The van der Waals surface area contributed by atoms with Crippen LogP contribution in [-0.4, -0.2) is 11.7 Å². The Morgan fingerprint density at radius 3 is 2.33 bits per heavy atom. The lowest BCUT2D eigenvalue weighted by atomic mass is 10.0. The molecule has 0 aromatic rings. The molecule has 0 spiro atoms. The average molecular weight is 154 g/mol. The van der Waals surface area contributed by atoms with Crippen LogP contribution in [0, 0.1) is 0 Å². The molecule has 56 valence electrons. The molecule has 3 heteroatoms. The first-order chi connectivity index (χ1) is 3.63. The fourth-order valence-electron chi connectivity index (χ4n) is 1.15. The van der Waals surface area contributed by atoms with E-state index >= 15 is 0 Å². The molecule has 0 amide bonds. The zero-order valence-corrected chi connectivity index (χ0v) is 6.38. The van der Waals surface area contributed by atoms with Gasteiger partial charge in [-0.15, -0.1) is 12.4 Å². The molecule has 1 rings (SSSR count). The lowest BCUT2D eigenvalue weighted by molar-refractivity contribution is 0.175. The van der Waals surface area contributed by atoms with E-state index in [-0.39, 0.29) is 18.4 Å². The van der Waals surface area contributed by atoms with E-state index in [1.165, 1.54) is 0 Å². The van der Waals surface area contributed by atoms with Crippen molar-refractivity contribution in [3.63, 3.8) is 0 Å². The molecule has 0 aliphatic heterocycles. The monoisotopic (exact) mass is 153 g/mol. The largest absolute Gasteiger partial charge is 0.325 e. The minimum absolute atomic E-state index is 0. The summed E-state index contributed by atoms with van der Waals surface area (Å²) in [5.74, 6) is 0. The van der Waals surface area contributed by atoms with Gasteiger partial charge in [0.05, 0.1) is 0 Å². The number of hydrogen-bond donors (Lipinski definition) is 1. The van der Waals surface area contributed by atoms with Gasteiger partial charge >= 0.3 is 0 Å². The lowest BCUT2D eigenvalue weighted by Crippen LogP contribution is -2.36. The number of nitrogens with two attached hydrogens (primary N) is 1. The summed E-state index contributed by atoms with van der Waals surface area (Å²) in [4.78, 5) is 0. The zero-order chi connectivity index (χ0) is 6.20. The fourth-order valence-corrected chi connectivity index (χ4v) is 1.15. The lowest BCUT2D eigenvalue weighted by Gasteiger charge is -2.17. The molecule has 0 aromatic carbocycles. The van der Waals surface area contributed by atoms with Gasteiger partial charge in [-0.25, -0.2) is 4.39 Å². The number of halogens is 2. The SMILES string of the molecule is C[C@@]1(F)CCC[C@@H]1N.Cl. The molecule has 0 aromatic heterocycles. The van der Waals surface area contributed by atoms with Crippen molar-refractivity contribution in [1.29, 1.82) is 0 Å². The van der Waals surface area contributed by atoms with Crippen molar-refractivity contribution in [2.75, 3.05) is 0 Å². The topological polar surface area (TPSA) is 26.0 Å². The maximum absolute atomic E-state index is 12.9. The highest BCUT2D eigenvalue weighted by molar-refractivity contribution is 5.85. The van der Waals surface area contributed by atoms with Gasteiger partial charge in [0.1, 0.15) is 5.67 Å². The molecule has 0 radical (unpaired) electrons. The first kappa shape index (κ1) is 9.18. The molecule has 2 atom stereocenters. The third kappa shape index (κ3) is 1.80. The van der Waals surface area contributed by atoms with Gasteiger partial charge < -0.3 is 5.73 Å². The molecule has 0 unspecified atom stereocenters. The molecule has 1 aliphatic carbocycles. The summed E-state index contributed by atoms with van der Waals surface area (Å²) >= 11 is 0. The molecule has 0 bridgehead atoms. The Hall–Kier alpha value is 0.180. The van der Waals surface area contributed by atoms with Gasteiger partial charge in [-0.3, -0.25) is 0 Å². The van der Waals surface area contributed by atoms with E-state index in [1.54, 1.807) is 6.92 Å². The van der Waals surface area contributed by atoms with Crippen LogP contribution in [0.4, 0.5) is 4.39 Å². The molecule has 9 heavy (non-hydrogen) atoms. The van der Waals surface area contributed by atoms with E-state index in [0.29, 0.717) is 6.42 Å². The molecule has 1 saturated carbocycles. The van der Waals surface area contributed by atoms with Crippen LogP contribution in [0.3, 0.4) is 0 Å². The van der Waals surface area contributed by atoms with E-state index in [1.807, 2.05) is 0 Å². The summed E-state index contributed by atoms with van der Waals surface area (Å²) in [6, 6.07) is -0.206. The second kappa shape index (κ2) is 2.84. The van der Waals surface area contributed by atoms with Crippen molar-refractivity contribution in [2.24, 2.45) is 5.73 Å². The van der Waals surface area contributed by atoms with Crippen LogP contribution in [0.5, 0.6) is 0 Å². The van der Waals surface area contributed by atoms with Gasteiger partial charge in [-0.05, 0) is 26.2 Å². The van der Waals surface area contributed by atoms with Crippen molar-refractivity contribution >= 4 is 12.4 Å². The first-order valence-corrected chi connectivity index (χ1v) is 3.07. The summed E-state index contributed by atoms with van der Waals surface area (Å²) in [5, 5.41) is 0. The van der Waals surface area contributed by atoms with Crippen LogP contribution in [-0.2, 0) is 0 Å². The van der Waals surface area contributed by atoms with E-state index in [2.05, 4.69) is 0 Å². The Morgan fingerprint density at radius 2 is 2.22 bits per heavy atom. The van der Waals surface area contributed by atoms with Gasteiger partial charge in [-0.1, -0.05) is 0 Å². The van der Waals surface area contributed by atoms with E-state index < -0.39 is 5.67 Å². The predicted molar refractivity (Wildman–Crippen MR) is 38.6 cm³/mol. The van der Waals surface area contributed by atoms with Crippen molar-refractivity contribution < 1.29 is 4.39 Å². The summed E-state index contributed by atoms with van der Waals surface area (Å²) < 4.78 is 12.9. The van der Waals surface area contributed by atoms with E-state index in [4.69, 9.17) is 5.73 Å². The molecular formula is C6H13ClFN. The Balaban J connectivity index is 0.000000640. The Morgan fingerprint density at radius 1 is 1.67 bits per heavy atom. The van der Waals surface area contributed by atoms with E-state index in [9.17, 15) is 4.39 Å². The third-order valence-electron chi connectivity index (χ3n) is 1.95. The highest BCUT2D eigenvalue weighted by atomic mass is 35.5. The summed E-state index contributed by atoms with van der Waals surface area (Å²) in [6.07, 6.45) is 2.45. The van der Waals surface area contributed by atoms with Crippen molar-refractivity contribution in [1.82, 2.24) is 0 Å². The smallest absolute Gasteiger partial charge is 0.123 e. The van der Waals surface area contributed by atoms with Gasteiger partial charge in [-0.2, -0.15) is 0 Å². The summed E-state index contributed by atoms with van der Waals surface area (Å²) in [5.41, 5.74) is 4.37. The highest BCUT2D eigenvalue weighted by Crippen LogP contribution is 2.31. The van der Waals surface area contributed by atoms with Crippen LogP contribution in [0.2, 0.25) is 0 Å². The quantitative estimate of drug-likeness (QED) is 0.563. The molecule has 0 saturated heterocycles. The normalized spacial score (nSPS) is 42.3. The molecule has 1 fully saturated rings. The van der Waals surface area contributed by atoms with E-state index in [0.717, 1.165) is 12.8 Å². The van der Waals surface area contributed by atoms with Crippen molar-refractivity contribution in [3.05, 3.63) is 0 Å². The molecule has 1 nitrogen and oxygen atoms in total. The van der Waals surface area contributed by atoms with Crippen LogP contribution in [0.15, 0.2) is 0 Å². The van der Waals surface area contributed by atoms with Crippen LogP contribution < -0.4 is 5.73 Å². The Kier molecular flexibility index (Phi) is 2.90. The number of hydrogen-bond acceptors (Lipinski definition) is 1. The minimum atomic E-state index is -1.07. The van der Waals surface area contributed by atoms with Gasteiger partial charge in [0.25, 0.3) is 0 Å². The first-order valence-electron chi connectivity index (χ1n) is 3.07.